The van der Waals surface area contributed by atoms with Gasteiger partial charge in [0, 0.05) is 12.8 Å². The molecule has 1 amide bonds. The van der Waals surface area contributed by atoms with Gasteiger partial charge >= 0.3 is 5.97 Å². The van der Waals surface area contributed by atoms with E-state index in [-0.39, 0.29) is 17.5 Å². The summed E-state index contributed by atoms with van der Waals surface area (Å²) in [7, 11) is 1.47. The molecule has 1 atom stereocenters. The molecule has 1 rings (SSSR count). The third-order valence-electron chi connectivity index (χ3n) is 2.74. The number of benzene rings is 1. The minimum atomic E-state index is -1.03. The first kappa shape index (κ1) is 15.5. The van der Waals surface area contributed by atoms with Gasteiger partial charge in [-0.15, -0.1) is 11.8 Å². The second-order valence-electron chi connectivity index (χ2n) is 4.14. The normalized spacial score (nSPS) is 11.9. The van der Waals surface area contributed by atoms with Crippen LogP contribution in [0.15, 0.2) is 24.3 Å². The van der Waals surface area contributed by atoms with Crippen molar-refractivity contribution >= 4 is 23.6 Å². The predicted octanol–water partition coefficient (Wildman–Crippen LogP) is 1.99. The Morgan fingerprint density at radius 3 is 2.47 bits per heavy atom. The van der Waals surface area contributed by atoms with Gasteiger partial charge in [-0.05, 0) is 24.6 Å². The third kappa shape index (κ3) is 4.90. The molecule has 4 nitrogen and oxygen atoms in total. The Kier molecular flexibility index (Phi) is 5.82. The molecule has 0 fully saturated rings. The highest BCUT2D eigenvalue weighted by molar-refractivity contribution is 7.99. The van der Waals surface area contributed by atoms with Gasteiger partial charge in [0.2, 0.25) is 5.91 Å². The van der Waals surface area contributed by atoms with Crippen LogP contribution in [-0.2, 0) is 15.3 Å². The molecule has 0 heterocycles. The number of thioether (sulfide) groups is 1. The molecule has 0 spiro atoms. The molecule has 1 N–H and O–H groups in total. The smallest absolute Gasteiger partial charge is 0.326 e. The van der Waals surface area contributed by atoms with Crippen molar-refractivity contribution in [2.75, 3.05) is 12.8 Å². The zero-order valence-corrected chi connectivity index (χ0v) is 11.6. The Morgan fingerprint density at radius 2 is 1.95 bits per heavy atom. The number of carbonyl (C=O) groups is 2. The lowest BCUT2D eigenvalue weighted by Crippen LogP contribution is -2.41. The fourth-order valence-corrected chi connectivity index (χ4v) is 2.23. The number of nitrogens with zero attached hydrogens (tertiary/aromatic N) is 1. The van der Waals surface area contributed by atoms with Gasteiger partial charge in [0.05, 0.1) is 5.75 Å². The van der Waals surface area contributed by atoms with Gasteiger partial charge < -0.3 is 10.0 Å². The number of carbonyl (C=O) groups excluding carboxylic acids is 1. The minimum Gasteiger partial charge on any atom is -0.480 e. The Bertz CT molecular complexity index is 450. The van der Waals surface area contributed by atoms with Crippen LogP contribution >= 0.6 is 11.8 Å². The Hall–Kier alpha value is -1.56. The van der Waals surface area contributed by atoms with Crippen LogP contribution in [0.1, 0.15) is 12.5 Å². The van der Waals surface area contributed by atoms with Gasteiger partial charge in [0.1, 0.15) is 11.9 Å². The van der Waals surface area contributed by atoms with E-state index < -0.39 is 12.0 Å². The molecule has 19 heavy (non-hydrogen) atoms. The number of halogens is 1. The molecule has 0 saturated heterocycles. The van der Waals surface area contributed by atoms with Crippen molar-refractivity contribution in [3.63, 3.8) is 0 Å². The highest BCUT2D eigenvalue weighted by atomic mass is 32.2. The van der Waals surface area contributed by atoms with Crippen LogP contribution in [0.2, 0.25) is 0 Å². The largest absolute Gasteiger partial charge is 0.480 e. The molecule has 0 bridgehead atoms. The van der Waals surface area contributed by atoms with Crippen LogP contribution < -0.4 is 0 Å². The topological polar surface area (TPSA) is 57.6 Å². The van der Waals surface area contributed by atoms with E-state index in [9.17, 15) is 14.0 Å². The van der Waals surface area contributed by atoms with Crippen molar-refractivity contribution in [3.8, 4) is 0 Å². The van der Waals surface area contributed by atoms with E-state index in [2.05, 4.69) is 0 Å². The van der Waals surface area contributed by atoms with Gasteiger partial charge in [0.15, 0.2) is 0 Å². The van der Waals surface area contributed by atoms with Crippen LogP contribution in [0.3, 0.4) is 0 Å². The van der Waals surface area contributed by atoms with E-state index in [0.717, 1.165) is 5.56 Å². The number of hydrogen-bond donors (Lipinski definition) is 1. The summed E-state index contributed by atoms with van der Waals surface area (Å²) >= 11 is 1.37. The summed E-state index contributed by atoms with van der Waals surface area (Å²) in [6.45, 7) is 1.46. The summed E-state index contributed by atoms with van der Waals surface area (Å²) in [5.41, 5.74) is 0.924. The molecule has 0 aliphatic heterocycles. The van der Waals surface area contributed by atoms with Crippen molar-refractivity contribution in [1.82, 2.24) is 4.90 Å². The minimum absolute atomic E-state index is 0.200. The lowest BCUT2D eigenvalue weighted by molar-refractivity contribution is -0.147. The third-order valence-corrected chi connectivity index (χ3v) is 3.73. The molecule has 0 radical (unpaired) electrons. The van der Waals surface area contributed by atoms with Crippen LogP contribution in [0.4, 0.5) is 4.39 Å². The number of amides is 1. The highest BCUT2D eigenvalue weighted by Crippen LogP contribution is 2.13. The first-order valence-electron chi connectivity index (χ1n) is 5.72. The van der Waals surface area contributed by atoms with Crippen molar-refractivity contribution in [2.45, 2.75) is 18.7 Å². The molecule has 1 aromatic carbocycles. The SMILES string of the molecule is CC(C(=O)O)N(C)C(=O)CSCc1ccc(F)cc1. The van der Waals surface area contributed by atoms with Crippen molar-refractivity contribution in [2.24, 2.45) is 0 Å². The number of aliphatic carboxylic acids is 1. The monoisotopic (exact) mass is 285 g/mol. The van der Waals surface area contributed by atoms with Crippen LogP contribution in [-0.4, -0.2) is 40.7 Å². The molecular formula is C13H16FNO3S. The summed E-state index contributed by atoms with van der Waals surface area (Å²) in [5, 5.41) is 8.79. The first-order chi connectivity index (χ1) is 8.91. The number of hydrogen-bond acceptors (Lipinski definition) is 3. The van der Waals surface area contributed by atoms with Gasteiger partial charge in [-0.1, -0.05) is 12.1 Å². The lowest BCUT2D eigenvalue weighted by Gasteiger charge is -2.21. The van der Waals surface area contributed by atoms with E-state index in [1.165, 1.54) is 42.8 Å². The Balaban J connectivity index is 2.38. The van der Waals surface area contributed by atoms with Crippen LogP contribution in [0.25, 0.3) is 0 Å². The first-order valence-corrected chi connectivity index (χ1v) is 6.88. The summed E-state index contributed by atoms with van der Waals surface area (Å²) in [4.78, 5) is 23.7. The summed E-state index contributed by atoms with van der Waals surface area (Å²) in [5.74, 6) is -0.770. The maximum absolute atomic E-state index is 12.7. The van der Waals surface area contributed by atoms with Crippen molar-refractivity contribution in [3.05, 3.63) is 35.6 Å². The second kappa shape index (κ2) is 7.13. The number of likely N-dealkylation sites (N-methyl/N-ethyl adjacent to an activating group) is 1. The number of carboxylic acids is 1. The van der Waals surface area contributed by atoms with E-state index in [1.807, 2.05) is 0 Å². The van der Waals surface area contributed by atoms with Gasteiger partial charge in [0.25, 0.3) is 0 Å². The molecule has 0 aliphatic rings. The average Bonchev–Trinajstić information content (AvgIpc) is 2.39. The average molecular weight is 285 g/mol. The molecule has 104 valence electrons. The zero-order chi connectivity index (χ0) is 14.4. The van der Waals surface area contributed by atoms with Gasteiger partial charge in [-0.2, -0.15) is 0 Å². The zero-order valence-electron chi connectivity index (χ0n) is 10.8. The molecule has 0 aliphatic carbocycles. The van der Waals surface area contributed by atoms with Gasteiger partial charge in [-0.3, -0.25) is 4.79 Å². The van der Waals surface area contributed by atoms with E-state index >= 15 is 0 Å². The van der Waals surface area contributed by atoms with Crippen molar-refractivity contribution in [1.29, 1.82) is 0 Å². The molecule has 1 unspecified atom stereocenters. The van der Waals surface area contributed by atoms with E-state index in [1.54, 1.807) is 12.1 Å². The standard InChI is InChI=1S/C13H16FNO3S/c1-9(13(17)18)15(2)12(16)8-19-7-10-3-5-11(14)6-4-10/h3-6,9H,7-8H2,1-2H3,(H,17,18). The van der Waals surface area contributed by atoms with Crippen molar-refractivity contribution < 1.29 is 19.1 Å². The summed E-state index contributed by atoms with van der Waals surface area (Å²) in [6.07, 6.45) is 0. The summed E-state index contributed by atoms with van der Waals surface area (Å²) < 4.78 is 12.7. The summed E-state index contributed by atoms with van der Waals surface area (Å²) in [6, 6.07) is 5.23. The molecule has 0 aromatic heterocycles. The fraction of sp³-hybridized carbons (Fsp3) is 0.385. The molecule has 6 heteroatoms. The highest BCUT2D eigenvalue weighted by Gasteiger charge is 2.21. The lowest BCUT2D eigenvalue weighted by atomic mass is 10.2. The quantitative estimate of drug-likeness (QED) is 0.868. The molecular weight excluding hydrogens is 269 g/mol. The fourth-order valence-electron chi connectivity index (χ4n) is 1.32. The van der Waals surface area contributed by atoms with Crippen LogP contribution in [0, 0.1) is 5.82 Å². The van der Waals surface area contributed by atoms with E-state index in [0.29, 0.717) is 5.75 Å². The maximum atomic E-state index is 12.7. The van der Waals surface area contributed by atoms with Gasteiger partial charge in [-0.25, -0.2) is 9.18 Å². The predicted molar refractivity (Wildman–Crippen MR) is 72.4 cm³/mol. The molecule has 0 saturated carbocycles. The second-order valence-corrected chi connectivity index (χ2v) is 5.12. The maximum Gasteiger partial charge on any atom is 0.326 e. The van der Waals surface area contributed by atoms with Crippen LogP contribution in [0.5, 0.6) is 0 Å². The number of carboxylic acid groups (broad SMARTS) is 1. The Morgan fingerprint density at radius 1 is 1.37 bits per heavy atom. The number of rotatable bonds is 6. The van der Waals surface area contributed by atoms with E-state index in [4.69, 9.17) is 5.11 Å². The Labute approximate surface area is 115 Å². The molecule has 1 aromatic rings.